The van der Waals surface area contributed by atoms with Crippen molar-refractivity contribution in [3.63, 3.8) is 0 Å². The summed E-state index contributed by atoms with van der Waals surface area (Å²) in [5, 5.41) is 4.12. The van der Waals surface area contributed by atoms with E-state index in [2.05, 4.69) is 5.32 Å². The monoisotopic (exact) mass is 526 g/mol. The lowest BCUT2D eigenvalue weighted by molar-refractivity contribution is -0.136. The van der Waals surface area contributed by atoms with E-state index in [0.29, 0.717) is 61.8 Å². The van der Waals surface area contributed by atoms with Gasteiger partial charge in [-0.1, -0.05) is 71.7 Å². The van der Waals surface area contributed by atoms with Crippen molar-refractivity contribution in [3.05, 3.63) is 105 Å². The molecule has 0 saturated carbocycles. The Kier molecular flexibility index (Phi) is 8.65. The molecule has 0 unspecified atom stereocenters. The number of likely N-dealkylation sites (tertiary alicyclic amines) is 1. The van der Waals surface area contributed by atoms with Gasteiger partial charge in [0.25, 0.3) is 0 Å². The molecule has 2 amide bonds. The van der Waals surface area contributed by atoms with Crippen molar-refractivity contribution in [2.75, 3.05) is 19.6 Å². The van der Waals surface area contributed by atoms with Crippen LogP contribution in [0.5, 0.6) is 0 Å². The van der Waals surface area contributed by atoms with Crippen molar-refractivity contribution in [1.29, 1.82) is 0 Å². The summed E-state index contributed by atoms with van der Waals surface area (Å²) < 4.78 is 13.1. The summed E-state index contributed by atoms with van der Waals surface area (Å²) in [5.41, 5.74) is 2.21. The number of nitrogens with zero attached hydrogens (tertiary/aromatic N) is 1. The summed E-state index contributed by atoms with van der Waals surface area (Å²) in [6.07, 6.45) is 2.67. The molecule has 3 aromatic rings. The van der Waals surface area contributed by atoms with E-state index in [4.69, 9.17) is 23.2 Å². The molecule has 7 heteroatoms. The van der Waals surface area contributed by atoms with E-state index < -0.39 is 5.41 Å². The van der Waals surface area contributed by atoms with Crippen LogP contribution in [0.3, 0.4) is 0 Å². The summed E-state index contributed by atoms with van der Waals surface area (Å²) in [4.78, 5) is 28.3. The standard InChI is InChI=1S/C29H29Cl2FN2O2/c30-25-12-8-22(20-26(25)31)14-17-33-28(36)29(23-4-2-1-3-5-23)15-18-34(19-16-29)27(35)13-9-21-6-10-24(32)11-7-21/h1-8,10-12,20H,9,13-19H2,(H,33,36). The molecule has 4 rings (SSSR count). The van der Waals surface area contributed by atoms with Gasteiger partial charge in [-0.2, -0.15) is 0 Å². The van der Waals surface area contributed by atoms with E-state index in [1.807, 2.05) is 47.4 Å². The number of aryl methyl sites for hydroxylation is 1. The fourth-order valence-corrected chi connectivity index (χ4v) is 5.11. The van der Waals surface area contributed by atoms with Gasteiger partial charge < -0.3 is 10.2 Å². The third-order valence-electron chi connectivity index (χ3n) is 6.95. The van der Waals surface area contributed by atoms with E-state index in [9.17, 15) is 14.0 Å². The third kappa shape index (κ3) is 6.26. The van der Waals surface area contributed by atoms with E-state index in [1.54, 1.807) is 18.2 Å². The maximum atomic E-state index is 13.6. The average Bonchev–Trinajstić information content (AvgIpc) is 2.90. The number of nitrogens with one attached hydrogen (secondary N) is 1. The van der Waals surface area contributed by atoms with Crippen LogP contribution in [0.15, 0.2) is 72.8 Å². The number of piperidine rings is 1. The Morgan fingerprint density at radius 1 is 0.861 bits per heavy atom. The van der Waals surface area contributed by atoms with Crippen molar-refractivity contribution in [2.24, 2.45) is 0 Å². The molecule has 1 aliphatic rings. The van der Waals surface area contributed by atoms with Gasteiger partial charge in [0.05, 0.1) is 15.5 Å². The minimum atomic E-state index is -0.688. The molecule has 1 heterocycles. The van der Waals surface area contributed by atoms with Crippen LogP contribution in [0.4, 0.5) is 4.39 Å². The van der Waals surface area contributed by atoms with Crippen LogP contribution in [-0.2, 0) is 27.8 Å². The summed E-state index contributed by atoms with van der Waals surface area (Å²) >= 11 is 12.1. The second kappa shape index (κ2) is 11.9. The molecule has 0 aliphatic carbocycles. The number of halogens is 3. The first-order chi connectivity index (χ1) is 17.4. The number of amides is 2. The minimum Gasteiger partial charge on any atom is -0.355 e. The Labute approximate surface area is 221 Å². The van der Waals surface area contributed by atoms with Gasteiger partial charge in [-0.15, -0.1) is 0 Å². The predicted octanol–water partition coefficient (Wildman–Crippen LogP) is 5.98. The molecule has 3 aromatic carbocycles. The van der Waals surface area contributed by atoms with E-state index in [-0.39, 0.29) is 17.6 Å². The number of carbonyl (C=O) groups excluding carboxylic acids is 2. The molecule has 36 heavy (non-hydrogen) atoms. The second-order valence-corrected chi connectivity index (χ2v) is 10.0. The van der Waals surface area contributed by atoms with Crippen LogP contribution >= 0.6 is 23.2 Å². The maximum Gasteiger partial charge on any atom is 0.230 e. The Morgan fingerprint density at radius 2 is 1.53 bits per heavy atom. The van der Waals surface area contributed by atoms with Gasteiger partial charge in [0.15, 0.2) is 0 Å². The number of carbonyl (C=O) groups is 2. The lowest BCUT2D eigenvalue weighted by Gasteiger charge is -2.41. The number of benzene rings is 3. The number of hydrogen-bond acceptors (Lipinski definition) is 2. The van der Waals surface area contributed by atoms with E-state index in [0.717, 1.165) is 16.7 Å². The zero-order valence-electron chi connectivity index (χ0n) is 20.0. The molecule has 0 radical (unpaired) electrons. The average molecular weight is 527 g/mol. The smallest absolute Gasteiger partial charge is 0.230 e. The highest BCUT2D eigenvalue weighted by molar-refractivity contribution is 6.42. The lowest BCUT2D eigenvalue weighted by Crippen LogP contribution is -2.53. The minimum absolute atomic E-state index is 0.0211. The van der Waals surface area contributed by atoms with Gasteiger partial charge in [0.2, 0.25) is 11.8 Å². The lowest BCUT2D eigenvalue weighted by atomic mass is 9.72. The zero-order valence-corrected chi connectivity index (χ0v) is 21.5. The highest BCUT2D eigenvalue weighted by Crippen LogP contribution is 2.36. The third-order valence-corrected chi connectivity index (χ3v) is 7.69. The van der Waals surface area contributed by atoms with E-state index in [1.165, 1.54) is 12.1 Å². The highest BCUT2D eigenvalue weighted by atomic mass is 35.5. The Bertz CT molecular complexity index is 1190. The largest absolute Gasteiger partial charge is 0.355 e. The summed E-state index contributed by atoms with van der Waals surface area (Å²) in [6, 6.07) is 21.5. The molecule has 1 N–H and O–H groups in total. The summed E-state index contributed by atoms with van der Waals surface area (Å²) in [5.74, 6) is -0.248. The van der Waals surface area contributed by atoms with Crippen molar-refractivity contribution in [1.82, 2.24) is 10.2 Å². The van der Waals surface area contributed by atoms with Gasteiger partial charge in [-0.3, -0.25) is 9.59 Å². The van der Waals surface area contributed by atoms with Crippen LogP contribution in [0.25, 0.3) is 0 Å². The van der Waals surface area contributed by atoms with Crippen LogP contribution < -0.4 is 5.32 Å². The molecule has 0 bridgehead atoms. The fourth-order valence-electron chi connectivity index (χ4n) is 4.79. The molecule has 1 saturated heterocycles. The maximum absolute atomic E-state index is 13.6. The van der Waals surface area contributed by atoms with Crippen molar-refractivity contribution < 1.29 is 14.0 Å². The Hall–Kier alpha value is -2.89. The van der Waals surface area contributed by atoms with Crippen LogP contribution in [-0.4, -0.2) is 36.3 Å². The summed E-state index contributed by atoms with van der Waals surface area (Å²) in [6.45, 7) is 1.50. The van der Waals surface area contributed by atoms with Gasteiger partial charge >= 0.3 is 0 Å². The predicted molar refractivity (Wildman–Crippen MR) is 142 cm³/mol. The quantitative estimate of drug-likeness (QED) is 0.392. The van der Waals surface area contributed by atoms with Crippen LogP contribution in [0.1, 0.15) is 36.0 Å². The van der Waals surface area contributed by atoms with Crippen LogP contribution in [0, 0.1) is 5.82 Å². The SMILES string of the molecule is O=C(CCc1ccc(F)cc1)N1CCC(C(=O)NCCc2ccc(Cl)c(Cl)c2)(c2ccccc2)CC1. The Balaban J connectivity index is 1.38. The van der Waals surface area contributed by atoms with Crippen molar-refractivity contribution in [3.8, 4) is 0 Å². The zero-order chi connectivity index (χ0) is 25.5. The Morgan fingerprint density at radius 3 is 2.19 bits per heavy atom. The molecular weight excluding hydrogens is 498 g/mol. The van der Waals surface area contributed by atoms with E-state index >= 15 is 0 Å². The van der Waals surface area contributed by atoms with Gasteiger partial charge in [0, 0.05) is 26.1 Å². The first-order valence-corrected chi connectivity index (χ1v) is 12.9. The molecule has 1 aliphatic heterocycles. The second-order valence-electron chi connectivity index (χ2n) is 9.21. The number of hydrogen-bond donors (Lipinski definition) is 1. The fraction of sp³-hybridized carbons (Fsp3) is 0.310. The van der Waals surface area contributed by atoms with Gasteiger partial charge in [-0.25, -0.2) is 4.39 Å². The van der Waals surface area contributed by atoms with Gasteiger partial charge in [0.1, 0.15) is 5.82 Å². The van der Waals surface area contributed by atoms with Crippen molar-refractivity contribution >= 4 is 35.0 Å². The molecular formula is C29H29Cl2FN2O2. The number of rotatable bonds is 8. The molecule has 0 spiro atoms. The first kappa shape index (κ1) is 26.2. The molecule has 0 atom stereocenters. The van der Waals surface area contributed by atoms with Gasteiger partial charge in [-0.05, 0) is 66.6 Å². The normalized spacial score (nSPS) is 14.9. The van der Waals surface area contributed by atoms with Crippen LogP contribution in [0.2, 0.25) is 10.0 Å². The van der Waals surface area contributed by atoms with Crippen molar-refractivity contribution in [2.45, 2.75) is 37.5 Å². The molecule has 1 fully saturated rings. The first-order valence-electron chi connectivity index (χ1n) is 12.2. The molecule has 4 nitrogen and oxygen atoms in total. The summed E-state index contributed by atoms with van der Waals surface area (Å²) in [7, 11) is 0. The topological polar surface area (TPSA) is 49.4 Å². The highest BCUT2D eigenvalue weighted by Gasteiger charge is 2.43. The molecule has 0 aromatic heterocycles. The molecule has 188 valence electrons.